The summed E-state index contributed by atoms with van der Waals surface area (Å²) in [6.45, 7) is 2.91. The minimum absolute atomic E-state index is 0.295. The normalized spacial score (nSPS) is 36.7. The van der Waals surface area contributed by atoms with Crippen molar-refractivity contribution in [1.82, 2.24) is 4.90 Å². The summed E-state index contributed by atoms with van der Waals surface area (Å²) in [6, 6.07) is 9.71. The molecular formula is C12H16FGeNO3. The van der Waals surface area contributed by atoms with Crippen molar-refractivity contribution in [2.45, 2.75) is 6.10 Å². The summed E-state index contributed by atoms with van der Waals surface area (Å²) >= 11 is -4.49. The molecule has 3 aliphatic heterocycles. The molecule has 4 nitrogen and oxygen atoms in total. The zero-order valence-electron chi connectivity index (χ0n) is 10.0. The molecule has 1 unspecified atom stereocenters. The van der Waals surface area contributed by atoms with E-state index in [0.717, 1.165) is 18.7 Å². The Morgan fingerprint density at radius 2 is 1.78 bits per heavy atom. The van der Waals surface area contributed by atoms with Crippen molar-refractivity contribution in [3.63, 3.8) is 0 Å². The van der Waals surface area contributed by atoms with Crippen LogP contribution in [0.15, 0.2) is 30.3 Å². The molecule has 0 aliphatic carbocycles. The van der Waals surface area contributed by atoms with Gasteiger partial charge in [-0.05, 0) is 0 Å². The molecular weight excluding hydrogens is 298 g/mol. The van der Waals surface area contributed by atoms with Crippen molar-refractivity contribution in [3.05, 3.63) is 35.9 Å². The maximum absolute atomic E-state index is 14.5. The van der Waals surface area contributed by atoms with Gasteiger partial charge in [-0.1, -0.05) is 0 Å². The molecule has 0 saturated carbocycles. The molecule has 0 amide bonds. The summed E-state index contributed by atoms with van der Waals surface area (Å²) in [7, 11) is 0. The van der Waals surface area contributed by atoms with Crippen LogP contribution < -0.4 is 0 Å². The maximum atomic E-state index is 14.5. The molecule has 0 radical (unpaired) electrons. The molecule has 1 aromatic rings. The Labute approximate surface area is 110 Å². The third-order valence-corrected chi connectivity index (χ3v) is 6.73. The van der Waals surface area contributed by atoms with E-state index in [-0.39, 0.29) is 6.10 Å². The van der Waals surface area contributed by atoms with Gasteiger partial charge in [-0.3, -0.25) is 0 Å². The first kappa shape index (κ1) is 12.6. The van der Waals surface area contributed by atoms with Gasteiger partial charge in [0.1, 0.15) is 0 Å². The second-order valence-corrected chi connectivity index (χ2v) is 8.22. The van der Waals surface area contributed by atoms with E-state index in [1.165, 1.54) is 0 Å². The van der Waals surface area contributed by atoms with Gasteiger partial charge in [-0.25, -0.2) is 0 Å². The average molecular weight is 314 g/mol. The van der Waals surface area contributed by atoms with Crippen LogP contribution in [0.3, 0.4) is 0 Å². The third-order valence-electron chi connectivity index (χ3n) is 3.24. The summed E-state index contributed by atoms with van der Waals surface area (Å²) in [5, 5.41) is 0. The van der Waals surface area contributed by atoms with Crippen LogP contribution in [0.5, 0.6) is 0 Å². The van der Waals surface area contributed by atoms with E-state index in [1.807, 2.05) is 30.3 Å². The van der Waals surface area contributed by atoms with Gasteiger partial charge >= 0.3 is 109 Å². The fraction of sp³-hybridized carbons (Fsp3) is 0.500. The van der Waals surface area contributed by atoms with E-state index < -0.39 is 14.7 Å². The molecule has 4 rings (SSSR count). The van der Waals surface area contributed by atoms with Crippen LogP contribution in [0, 0.1) is 0 Å². The summed E-state index contributed by atoms with van der Waals surface area (Å²) in [4.78, 5) is 2.19. The molecule has 3 heterocycles. The Morgan fingerprint density at radius 3 is 2.44 bits per heavy atom. The number of halogens is 1. The summed E-state index contributed by atoms with van der Waals surface area (Å²) < 4.78 is 30.5. The van der Waals surface area contributed by atoms with Crippen molar-refractivity contribution in [3.8, 4) is 0 Å². The van der Waals surface area contributed by atoms with Crippen LogP contribution in [0.25, 0.3) is 0 Å². The van der Waals surface area contributed by atoms with E-state index in [4.69, 9.17) is 11.3 Å². The molecule has 0 N–H and O–H groups in total. The number of hydrogen-bond acceptors (Lipinski definition) is 4. The monoisotopic (exact) mass is 315 g/mol. The topological polar surface area (TPSA) is 30.9 Å². The third kappa shape index (κ3) is 2.75. The Balaban J connectivity index is 1.86. The Morgan fingerprint density at radius 1 is 1.11 bits per heavy atom. The number of rotatable bonds is 1. The first-order chi connectivity index (χ1) is 8.75. The van der Waals surface area contributed by atoms with Gasteiger partial charge in [-0.2, -0.15) is 0 Å². The zero-order chi connectivity index (χ0) is 12.4. The Hall–Kier alpha value is -0.467. The minimum atomic E-state index is -4.49. The zero-order valence-corrected chi connectivity index (χ0v) is 12.1. The molecule has 0 spiro atoms. The molecule has 98 valence electrons. The summed E-state index contributed by atoms with van der Waals surface area (Å²) in [5.41, 5.74) is 0.978. The molecule has 1 aromatic carbocycles. The van der Waals surface area contributed by atoms with Crippen molar-refractivity contribution < 1.29 is 14.8 Å². The number of benzene rings is 1. The van der Waals surface area contributed by atoms with E-state index in [1.54, 1.807) is 0 Å². The van der Waals surface area contributed by atoms with Crippen LogP contribution in [0.4, 0.5) is 3.50 Å². The van der Waals surface area contributed by atoms with Gasteiger partial charge in [0.2, 0.25) is 0 Å². The summed E-state index contributed by atoms with van der Waals surface area (Å²) in [5.74, 6) is 0. The van der Waals surface area contributed by atoms with Crippen molar-refractivity contribution >= 4 is 14.7 Å². The Bertz CT molecular complexity index is 396. The molecule has 3 fully saturated rings. The molecule has 6 heteroatoms. The van der Waals surface area contributed by atoms with Gasteiger partial charge in [0.15, 0.2) is 0 Å². The predicted octanol–water partition coefficient (Wildman–Crippen LogP) is 1.51. The van der Waals surface area contributed by atoms with Gasteiger partial charge in [0.25, 0.3) is 0 Å². The molecule has 3 saturated heterocycles. The average Bonchev–Trinajstić information content (AvgIpc) is 2.33. The second-order valence-electron chi connectivity index (χ2n) is 4.50. The first-order valence-corrected chi connectivity index (χ1v) is 9.53. The van der Waals surface area contributed by atoms with E-state index >= 15 is 0 Å². The fourth-order valence-electron chi connectivity index (χ4n) is 2.28. The fourth-order valence-corrected chi connectivity index (χ4v) is 5.30. The van der Waals surface area contributed by atoms with E-state index in [9.17, 15) is 3.50 Å². The SMILES string of the molecule is [F][Ge]12[O]CCN(CC[O]1)CC(c1ccccc1)[O]2. The van der Waals surface area contributed by atoms with Gasteiger partial charge < -0.3 is 0 Å². The number of fused-ring (bicyclic) bond motifs is 6. The van der Waals surface area contributed by atoms with Crippen LogP contribution in [0.1, 0.15) is 11.7 Å². The van der Waals surface area contributed by atoms with Gasteiger partial charge in [0.05, 0.1) is 0 Å². The number of hydrogen-bond donors (Lipinski definition) is 0. The molecule has 1 atom stereocenters. The summed E-state index contributed by atoms with van der Waals surface area (Å²) in [6.07, 6.45) is -0.295. The van der Waals surface area contributed by atoms with Gasteiger partial charge in [0, 0.05) is 0 Å². The molecule has 18 heavy (non-hydrogen) atoms. The van der Waals surface area contributed by atoms with Crippen molar-refractivity contribution in [1.29, 1.82) is 0 Å². The van der Waals surface area contributed by atoms with Crippen LogP contribution in [-0.2, 0) is 11.3 Å². The number of nitrogens with zero attached hydrogens (tertiary/aromatic N) is 1. The predicted molar refractivity (Wildman–Crippen MR) is 65.5 cm³/mol. The quantitative estimate of drug-likeness (QED) is 0.736. The van der Waals surface area contributed by atoms with Gasteiger partial charge in [-0.15, -0.1) is 0 Å². The molecule has 3 aliphatic rings. The van der Waals surface area contributed by atoms with Crippen molar-refractivity contribution in [2.75, 3.05) is 32.8 Å². The molecule has 2 bridgehead atoms. The van der Waals surface area contributed by atoms with Crippen LogP contribution >= 0.6 is 0 Å². The first-order valence-electron chi connectivity index (χ1n) is 6.17. The second kappa shape index (κ2) is 5.26. The standard InChI is InChI=1S/C12H16FGeNO3/c13-14-16-8-6-15(7-9-17-14)10-12(18-14)11-4-2-1-3-5-11/h1-5,12H,6-10H2. The van der Waals surface area contributed by atoms with Crippen LogP contribution in [0.2, 0.25) is 0 Å². The Kier molecular flexibility index (Phi) is 3.67. The van der Waals surface area contributed by atoms with Crippen LogP contribution in [-0.4, -0.2) is 52.5 Å². The van der Waals surface area contributed by atoms with Crippen molar-refractivity contribution in [2.24, 2.45) is 0 Å². The van der Waals surface area contributed by atoms with E-state index in [0.29, 0.717) is 19.8 Å². The molecule has 0 aromatic heterocycles. The van der Waals surface area contributed by atoms with E-state index in [2.05, 4.69) is 4.90 Å².